The molecule has 0 unspecified atom stereocenters. The summed E-state index contributed by atoms with van der Waals surface area (Å²) in [5.41, 5.74) is 0. The minimum atomic E-state index is -0.00998. The fraction of sp³-hybridized carbons (Fsp3) is 0.688. The first-order valence-corrected chi connectivity index (χ1v) is 8.16. The molecule has 7 nitrogen and oxygen atoms in total. The number of nitrogens with one attached hydrogen (secondary N) is 1. The predicted octanol–water partition coefficient (Wildman–Crippen LogP) is 1.12. The summed E-state index contributed by atoms with van der Waals surface area (Å²) in [6.07, 6.45) is 4.67. The van der Waals surface area contributed by atoms with E-state index in [0.717, 1.165) is 25.3 Å². The maximum absolute atomic E-state index is 12.1. The molecule has 7 heteroatoms. The fourth-order valence-electron chi connectivity index (χ4n) is 2.61. The highest BCUT2D eigenvalue weighted by atomic mass is 16.5. The Kier molecular flexibility index (Phi) is 6.73. The number of nitrogens with zero attached hydrogens (tertiary/aromatic N) is 4. The number of likely N-dealkylation sites (tertiary alicyclic amines) is 1. The Morgan fingerprint density at radius 3 is 2.91 bits per heavy atom. The fourth-order valence-corrected chi connectivity index (χ4v) is 2.61. The minimum Gasteiger partial charge on any atom is -0.377 e. The summed E-state index contributed by atoms with van der Waals surface area (Å²) in [7, 11) is 2.05. The second-order valence-corrected chi connectivity index (χ2v) is 6.12. The number of urea groups is 1. The van der Waals surface area contributed by atoms with Crippen LogP contribution in [0.2, 0.25) is 0 Å². The Balaban J connectivity index is 1.71. The summed E-state index contributed by atoms with van der Waals surface area (Å²) >= 11 is 0. The molecule has 0 spiro atoms. The van der Waals surface area contributed by atoms with Gasteiger partial charge in [0.25, 0.3) is 0 Å². The first kappa shape index (κ1) is 17.6. The number of likely N-dealkylation sites (N-methyl/N-ethyl adjacent to an activating group) is 1. The lowest BCUT2D eigenvalue weighted by molar-refractivity contribution is 0.0808. The number of hydrogen-bond acceptors (Lipinski definition) is 5. The first-order valence-electron chi connectivity index (χ1n) is 8.16. The monoisotopic (exact) mass is 321 g/mol. The number of amides is 2. The summed E-state index contributed by atoms with van der Waals surface area (Å²) in [5.74, 6) is 0.809. The molecule has 2 rings (SSSR count). The third-order valence-electron chi connectivity index (χ3n) is 3.91. The second kappa shape index (κ2) is 8.79. The molecule has 1 aromatic rings. The van der Waals surface area contributed by atoms with Gasteiger partial charge in [-0.15, -0.1) is 0 Å². The van der Waals surface area contributed by atoms with Gasteiger partial charge in [-0.05, 0) is 33.4 Å². The van der Waals surface area contributed by atoms with E-state index in [1.807, 2.05) is 24.8 Å². The van der Waals surface area contributed by atoms with Crippen LogP contribution in [0.4, 0.5) is 4.79 Å². The molecule has 1 N–H and O–H groups in total. The zero-order valence-corrected chi connectivity index (χ0v) is 14.2. The van der Waals surface area contributed by atoms with Crippen molar-refractivity contribution in [1.29, 1.82) is 0 Å². The highest BCUT2D eigenvalue weighted by Crippen LogP contribution is 2.15. The van der Waals surface area contributed by atoms with Gasteiger partial charge in [-0.3, -0.25) is 4.90 Å². The maximum Gasteiger partial charge on any atom is 0.317 e. The third kappa shape index (κ3) is 5.76. The van der Waals surface area contributed by atoms with Gasteiger partial charge in [0.15, 0.2) is 0 Å². The van der Waals surface area contributed by atoms with Crippen LogP contribution < -0.4 is 5.32 Å². The lowest BCUT2D eigenvalue weighted by atomic mass is 10.2. The van der Waals surface area contributed by atoms with Crippen LogP contribution >= 0.6 is 0 Å². The molecule has 0 saturated carbocycles. The Bertz CT molecular complexity index is 483. The van der Waals surface area contributed by atoms with E-state index in [0.29, 0.717) is 25.7 Å². The van der Waals surface area contributed by atoms with Crippen molar-refractivity contribution in [3.63, 3.8) is 0 Å². The van der Waals surface area contributed by atoms with Gasteiger partial charge < -0.3 is 15.0 Å². The molecule has 0 aromatic carbocycles. The smallest absolute Gasteiger partial charge is 0.317 e. The summed E-state index contributed by atoms with van der Waals surface area (Å²) in [4.78, 5) is 24.7. The summed E-state index contributed by atoms with van der Waals surface area (Å²) in [5, 5.41) is 2.91. The molecular formula is C16H27N5O2. The molecule has 0 radical (unpaired) electrons. The molecule has 2 heterocycles. The van der Waals surface area contributed by atoms with Crippen molar-refractivity contribution in [2.75, 3.05) is 33.3 Å². The van der Waals surface area contributed by atoms with Crippen LogP contribution in [0.25, 0.3) is 0 Å². The normalized spacial score (nSPS) is 18.0. The topological polar surface area (TPSA) is 70.6 Å². The van der Waals surface area contributed by atoms with E-state index in [-0.39, 0.29) is 12.1 Å². The van der Waals surface area contributed by atoms with Crippen LogP contribution in [0.3, 0.4) is 0 Å². The minimum absolute atomic E-state index is 0.00998. The van der Waals surface area contributed by atoms with E-state index < -0.39 is 0 Å². The number of ether oxygens (including phenoxy) is 1. The van der Waals surface area contributed by atoms with Crippen molar-refractivity contribution in [3.8, 4) is 0 Å². The van der Waals surface area contributed by atoms with E-state index in [2.05, 4.69) is 27.2 Å². The summed E-state index contributed by atoms with van der Waals surface area (Å²) in [6.45, 7) is 7.28. The second-order valence-electron chi connectivity index (χ2n) is 6.12. The Morgan fingerprint density at radius 1 is 1.48 bits per heavy atom. The molecule has 0 aliphatic carbocycles. The van der Waals surface area contributed by atoms with Gasteiger partial charge in [-0.1, -0.05) is 0 Å². The number of hydrogen-bond donors (Lipinski definition) is 1. The van der Waals surface area contributed by atoms with E-state index in [1.165, 1.54) is 0 Å². The molecule has 1 fully saturated rings. The Morgan fingerprint density at radius 2 is 2.22 bits per heavy atom. The van der Waals surface area contributed by atoms with Crippen LogP contribution in [-0.4, -0.2) is 71.2 Å². The van der Waals surface area contributed by atoms with E-state index in [9.17, 15) is 4.79 Å². The standard InChI is InChI=1S/C16H27N5O2/c1-13(2)23-10-8-19-16(22)21-9-5-14(11-21)20(3)12-15-17-6-4-7-18-15/h4,6-7,13-14H,5,8-12H2,1-3H3,(H,19,22)/t14-/m0/s1. The van der Waals surface area contributed by atoms with Crippen molar-refractivity contribution in [2.45, 2.75) is 39.0 Å². The maximum atomic E-state index is 12.1. The van der Waals surface area contributed by atoms with E-state index in [4.69, 9.17) is 4.74 Å². The average Bonchev–Trinajstić information content (AvgIpc) is 3.02. The van der Waals surface area contributed by atoms with Gasteiger partial charge in [0, 0.05) is 38.1 Å². The van der Waals surface area contributed by atoms with Crippen LogP contribution in [0.1, 0.15) is 26.1 Å². The Labute approximate surface area is 138 Å². The molecular weight excluding hydrogens is 294 g/mol. The molecule has 128 valence electrons. The Hall–Kier alpha value is -1.73. The lowest BCUT2D eigenvalue weighted by Gasteiger charge is -2.24. The van der Waals surface area contributed by atoms with Crippen LogP contribution in [0.5, 0.6) is 0 Å². The third-order valence-corrected chi connectivity index (χ3v) is 3.91. The molecule has 1 saturated heterocycles. The largest absolute Gasteiger partial charge is 0.377 e. The number of carbonyl (C=O) groups excluding carboxylic acids is 1. The van der Waals surface area contributed by atoms with Crippen molar-refractivity contribution in [3.05, 3.63) is 24.3 Å². The SMILES string of the molecule is CC(C)OCCNC(=O)N1CC[C@H](N(C)Cc2ncccn2)C1. The zero-order valence-electron chi connectivity index (χ0n) is 14.2. The molecule has 1 aliphatic heterocycles. The molecule has 1 aliphatic rings. The van der Waals surface area contributed by atoms with Gasteiger partial charge in [0.1, 0.15) is 5.82 Å². The van der Waals surface area contributed by atoms with Crippen molar-refractivity contribution < 1.29 is 9.53 Å². The molecule has 23 heavy (non-hydrogen) atoms. The average molecular weight is 321 g/mol. The van der Waals surface area contributed by atoms with Gasteiger partial charge in [0.2, 0.25) is 0 Å². The van der Waals surface area contributed by atoms with E-state index >= 15 is 0 Å². The van der Waals surface area contributed by atoms with Crippen LogP contribution in [0.15, 0.2) is 18.5 Å². The number of rotatable bonds is 7. The van der Waals surface area contributed by atoms with Crippen LogP contribution in [-0.2, 0) is 11.3 Å². The van der Waals surface area contributed by atoms with Gasteiger partial charge in [0.05, 0.1) is 19.3 Å². The van der Waals surface area contributed by atoms with Gasteiger partial charge in [-0.2, -0.15) is 0 Å². The van der Waals surface area contributed by atoms with Crippen molar-refractivity contribution in [1.82, 2.24) is 25.1 Å². The number of aromatic nitrogens is 2. The summed E-state index contributed by atoms with van der Waals surface area (Å²) in [6, 6.07) is 2.15. The lowest BCUT2D eigenvalue weighted by Crippen LogP contribution is -2.42. The quantitative estimate of drug-likeness (QED) is 0.762. The highest BCUT2D eigenvalue weighted by molar-refractivity contribution is 5.74. The van der Waals surface area contributed by atoms with Crippen LogP contribution in [0, 0.1) is 0 Å². The van der Waals surface area contributed by atoms with Crippen molar-refractivity contribution >= 4 is 6.03 Å². The van der Waals surface area contributed by atoms with Gasteiger partial charge >= 0.3 is 6.03 Å². The van der Waals surface area contributed by atoms with Crippen molar-refractivity contribution in [2.24, 2.45) is 0 Å². The molecule has 0 bridgehead atoms. The van der Waals surface area contributed by atoms with Gasteiger partial charge in [-0.25, -0.2) is 14.8 Å². The molecule has 2 amide bonds. The highest BCUT2D eigenvalue weighted by Gasteiger charge is 2.28. The number of carbonyl (C=O) groups is 1. The first-order chi connectivity index (χ1) is 11.1. The van der Waals surface area contributed by atoms with E-state index in [1.54, 1.807) is 12.4 Å². The summed E-state index contributed by atoms with van der Waals surface area (Å²) < 4.78 is 5.43. The predicted molar refractivity (Wildman–Crippen MR) is 88.0 cm³/mol. The molecule has 1 aromatic heterocycles. The zero-order chi connectivity index (χ0) is 16.7. The molecule has 1 atom stereocenters.